The Bertz CT molecular complexity index is 1500. The number of alkyl halides is 3. The highest BCUT2D eigenvalue weighted by molar-refractivity contribution is 7.99. The first-order valence-electron chi connectivity index (χ1n) is 13.0. The van der Waals surface area contributed by atoms with Crippen molar-refractivity contribution in [3.8, 4) is 0 Å². The number of nitrogens with one attached hydrogen (secondary N) is 1. The zero-order valence-corrected chi connectivity index (χ0v) is 24.4. The maximum Gasteiger partial charge on any atom is 0.433 e. The van der Waals surface area contributed by atoms with Gasteiger partial charge in [0.2, 0.25) is 5.91 Å². The van der Waals surface area contributed by atoms with Crippen molar-refractivity contribution in [1.29, 1.82) is 0 Å². The van der Waals surface area contributed by atoms with Crippen LogP contribution in [0.2, 0.25) is 5.02 Å². The van der Waals surface area contributed by atoms with Gasteiger partial charge in [0.15, 0.2) is 0 Å². The molecule has 1 saturated heterocycles. The fraction of sp³-hybridized carbons (Fsp3) is 0.233. The Morgan fingerprint density at radius 2 is 1.60 bits per heavy atom. The number of rotatable bonds is 4. The Morgan fingerprint density at radius 1 is 0.929 bits per heavy atom. The number of hydrogen-bond acceptors (Lipinski definition) is 6. The summed E-state index contributed by atoms with van der Waals surface area (Å²) in [4.78, 5) is 28.1. The lowest BCUT2D eigenvalue weighted by atomic mass is 10.1. The lowest BCUT2D eigenvalue weighted by Gasteiger charge is -2.26. The summed E-state index contributed by atoms with van der Waals surface area (Å²) in [6, 6.07) is 21.8. The van der Waals surface area contributed by atoms with Crippen LogP contribution < -0.4 is 16.2 Å². The van der Waals surface area contributed by atoms with Crippen molar-refractivity contribution >= 4 is 57.6 Å². The van der Waals surface area contributed by atoms with Crippen LogP contribution in [0.15, 0.2) is 78.9 Å². The first-order valence-corrected chi connectivity index (χ1v) is 14.6. The molecule has 4 aromatic rings. The van der Waals surface area contributed by atoms with Gasteiger partial charge in [0, 0.05) is 52.3 Å². The highest BCUT2D eigenvalue weighted by atomic mass is 35.5. The van der Waals surface area contributed by atoms with Crippen LogP contribution in [0.4, 0.5) is 24.5 Å². The van der Waals surface area contributed by atoms with Gasteiger partial charge in [-0.3, -0.25) is 9.59 Å². The molecule has 0 bridgehead atoms. The number of piperidine rings is 1. The zero-order chi connectivity index (χ0) is 30.7. The monoisotopic (exact) mass is 617 g/mol. The second-order valence-electron chi connectivity index (χ2n) is 9.23. The molecule has 7 nitrogen and oxygen atoms in total. The molecular weight excluding hydrogens is 587 g/mol. The standard InChI is InChI=1S/C12H15NO.C10H6ClF3N2.C8H10N2OS/c14-12(11-7-3-1-4-8-11)13-9-5-2-6-10-13;11-5-1-2-8-6(3-5)7(15)4-9(16-8)10(12,13)14;1-12-10-7-4-2-3-6(5-7)8(9)11/h1,3-4,7-8H,2,5-6,9-10H2;1-4H,(H2,15,16);2-5,10H,1H3,(H2,9,11). The number of likely N-dealkylation sites (tertiary alicyclic amines) is 1. The second kappa shape index (κ2) is 15.3. The van der Waals surface area contributed by atoms with E-state index in [1.807, 2.05) is 47.6 Å². The van der Waals surface area contributed by atoms with Crippen LogP contribution in [-0.2, 0) is 6.18 Å². The summed E-state index contributed by atoms with van der Waals surface area (Å²) >= 11 is 7.19. The number of amides is 2. The summed E-state index contributed by atoms with van der Waals surface area (Å²) in [6.07, 6.45) is 0.981. The smallest absolute Gasteiger partial charge is 0.398 e. The molecule has 1 aromatic heterocycles. The molecule has 1 aliphatic heterocycles. The number of anilines is 2. The molecule has 12 heteroatoms. The molecule has 2 heterocycles. The highest BCUT2D eigenvalue weighted by Gasteiger charge is 2.33. The molecule has 0 saturated carbocycles. The Balaban J connectivity index is 0.000000175. The number of halogens is 4. The van der Waals surface area contributed by atoms with E-state index in [0.29, 0.717) is 16.0 Å². The number of fused-ring (bicyclic) bond motifs is 1. The van der Waals surface area contributed by atoms with Crippen molar-refractivity contribution in [2.24, 2.45) is 5.73 Å². The third-order valence-corrected chi connectivity index (χ3v) is 6.80. The number of nitrogens with two attached hydrogens (primary N) is 2. The van der Waals surface area contributed by atoms with E-state index in [0.717, 1.165) is 43.2 Å². The largest absolute Gasteiger partial charge is 0.433 e. The van der Waals surface area contributed by atoms with Crippen LogP contribution in [0.25, 0.3) is 10.9 Å². The number of primary amides is 1. The van der Waals surface area contributed by atoms with Gasteiger partial charge in [-0.1, -0.05) is 47.8 Å². The lowest BCUT2D eigenvalue weighted by molar-refractivity contribution is -0.140. The van der Waals surface area contributed by atoms with Crippen molar-refractivity contribution in [2.45, 2.75) is 25.4 Å². The Kier molecular flexibility index (Phi) is 11.9. The SMILES string of the molecule is CSNc1cccc(C(N)=O)c1.Nc1cc(C(F)(F)F)nc2ccc(Cl)cc12.O=C(c1ccccc1)N1CCCCC1. The van der Waals surface area contributed by atoms with Crippen molar-refractivity contribution in [3.05, 3.63) is 101 Å². The number of benzene rings is 3. The quantitative estimate of drug-likeness (QED) is 0.207. The minimum atomic E-state index is -4.50. The number of nitrogens with zero attached hydrogens (tertiary/aromatic N) is 2. The molecule has 0 spiro atoms. The number of nitrogen functional groups attached to an aromatic ring is 1. The van der Waals surface area contributed by atoms with Gasteiger partial charge in [0.05, 0.1) is 5.52 Å². The van der Waals surface area contributed by atoms with Gasteiger partial charge in [-0.15, -0.1) is 0 Å². The zero-order valence-electron chi connectivity index (χ0n) is 22.8. The second-order valence-corrected chi connectivity index (χ2v) is 10.3. The van der Waals surface area contributed by atoms with E-state index < -0.39 is 17.8 Å². The van der Waals surface area contributed by atoms with Gasteiger partial charge in [0.25, 0.3) is 5.91 Å². The topological polar surface area (TPSA) is 114 Å². The van der Waals surface area contributed by atoms with Gasteiger partial charge in [0.1, 0.15) is 5.69 Å². The van der Waals surface area contributed by atoms with E-state index >= 15 is 0 Å². The summed E-state index contributed by atoms with van der Waals surface area (Å²) in [5.74, 6) is -0.218. The van der Waals surface area contributed by atoms with Crippen molar-refractivity contribution < 1.29 is 22.8 Å². The first kappa shape index (κ1) is 32.6. The normalized spacial score (nSPS) is 12.8. The summed E-state index contributed by atoms with van der Waals surface area (Å²) in [5.41, 5.74) is 12.0. The van der Waals surface area contributed by atoms with Crippen molar-refractivity contribution in [2.75, 3.05) is 29.8 Å². The third-order valence-electron chi connectivity index (χ3n) is 6.12. The van der Waals surface area contributed by atoms with Crippen LogP contribution in [0, 0.1) is 0 Å². The summed E-state index contributed by atoms with van der Waals surface area (Å²) in [5, 5.41) is 0.821. The minimum Gasteiger partial charge on any atom is -0.398 e. The minimum absolute atomic E-state index is 0.0137. The van der Waals surface area contributed by atoms with Crippen LogP contribution in [0.5, 0.6) is 0 Å². The van der Waals surface area contributed by atoms with E-state index in [2.05, 4.69) is 9.71 Å². The molecule has 1 fully saturated rings. The van der Waals surface area contributed by atoms with Gasteiger partial charge < -0.3 is 21.1 Å². The molecule has 0 unspecified atom stereocenters. The lowest BCUT2D eigenvalue weighted by Crippen LogP contribution is -2.35. The third kappa shape index (κ3) is 9.56. The first-order chi connectivity index (χ1) is 20.0. The molecule has 0 aliphatic carbocycles. The van der Waals surface area contributed by atoms with Crippen LogP contribution in [0.3, 0.4) is 0 Å². The van der Waals surface area contributed by atoms with E-state index in [1.165, 1.54) is 36.6 Å². The van der Waals surface area contributed by atoms with E-state index in [-0.39, 0.29) is 17.1 Å². The predicted molar refractivity (Wildman–Crippen MR) is 164 cm³/mol. The van der Waals surface area contributed by atoms with Crippen LogP contribution in [-0.4, -0.2) is 41.0 Å². The summed E-state index contributed by atoms with van der Waals surface area (Å²) in [7, 11) is 0. The predicted octanol–water partition coefficient (Wildman–Crippen LogP) is 7.28. The van der Waals surface area contributed by atoms with Gasteiger partial charge in [-0.2, -0.15) is 13.2 Å². The summed E-state index contributed by atoms with van der Waals surface area (Å²) in [6.45, 7) is 1.85. The average Bonchev–Trinajstić information content (AvgIpc) is 2.98. The maximum absolute atomic E-state index is 12.4. The molecule has 5 rings (SSSR count). The fourth-order valence-electron chi connectivity index (χ4n) is 4.08. The Labute approximate surface area is 251 Å². The van der Waals surface area contributed by atoms with E-state index in [9.17, 15) is 22.8 Å². The molecule has 1 aliphatic rings. The fourth-order valence-corrected chi connectivity index (χ4v) is 4.62. The van der Waals surface area contributed by atoms with Crippen LogP contribution >= 0.6 is 23.5 Å². The number of aromatic nitrogens is 1. The van der Waals surface area contributed by atoms with Gasteiger partial charge >= 0.3 is 6.18 Å². The highest BCUT2D eigenvalue weighted by Crippen LogP contribution is 2.32. The Morgan fingerprint density at radius 3 is 2.21 bits per heavy atom. The maximum atomic E-state index is 12.4. The van der Waals surface area contributed by atoms with Gasteiger partial charge in [-0.25, -0.2) is 4.98 Å². The molecule has 0 radical (unpaired) electrons. The van der Waals surface area contributed by atoms with E-state index in [4.69, 9.17) is 23.1 Å². The number of pyridine rings is 1. The number of carbonyl (C=O) groups excluding carboxylic acids is 2. The van der Waals surface area contributed by atoms with Crippen molar-refractivity contribution in [1.82, 2.24) is 9.88 Å². The van der Waals surface area contributed by atoms with Crippen LogP contribution in [0.1, 0.15) is 45.7 Å². The number of hydrogen-bond donors (Lipinski definition) is 3. The Hall–Kier alpha value is -3.96. The number of carbonyl (C=O) groups is 2. The molecule has 2 amide bonds. The molecule has 42 heavy (non-hydrogen) atoms. The molecule has 3 aromatic carbocycles. The molecule has 0 atom stereocenters. The molecular formula is C30H31ClF3N5O2S. The molecule has 5 N–H and O–H groups in total. The van der Waals surface area contributed by atoms with Crippen molar-refractivity contribution in [3.63, 3.8) is 0 Å². The average molecular weight is 618 g/mol. The molecule has 222 valence electrons. The summed E-state index contributed by atoms with van der Waals surface area (Å²) < 4.78 is 40.3. The van der Waals surface area contributed by atoms with Gasteiger partial charge in [-0.05, 0) is 73.9 Å². The van der Waals surface area contributed by atoms with E-state index in [1.54, 1.807) is 18.2 Å².